The van der Waals surface area contributed by atoms with Gasteiger partial charge in [0.25, 0.3) is 0 Å². The molecule has 0 aliphatic rings. The highest BCUT2D eigenvalue weighted by atomic mass is 16.5. The standard InChI is InChI=1S/C11H17N3O2/c1-4-8(2)14-7-9(15)10-11(16-3)13-6-5-12-10/h5-6,8,14H,4,7H2,1-3H3. The number of hydrogen-bond donors (Lipinski definition) is 1. The van der Waals surface area contributed by atoms with Crippen molar-refractivity contribution in [1.82, 2.24) is 15.3 Å². The van der Waals surface area contributed by atoms with E-state index < -0.39 is 0 Å². The third kappa shape index (κ3) is 3.27. The monoisotopic (exact) mass is 223 g/mol. The van der Waals surface area contributed by atoms with E-state index >= 15 is 0 Å². The molecule has 1 aromatic heterocycles. The van der Waals surface area contributed by atoms with Gasteiger partial charge < -0.3 is 10.1 Å². The van der Waals surface area contributed by atoms with Gasteiger partial charge in [-0.25, -0.2) is 9.97 Å². The highest BCUT2D eigenvalue weighted by Crippen LogP contribution is 2.10. The zero-order chi connectivity index (χ0) is 12.0. The van der Waals surface area contributed by atoms with Crippen LogP contribution < -0.4 is 10.1 Å². The minimum absolute atomic E-state index is 0.106. The third-order valence-corrected chi connectivity index (χ3v) is 2.35. The SMILES string of the molecule is CCC(C)NCC(=O)c1nccnc1OC. The van der Waals surface area contributed by atoms with Crippen LogP contribution in [0.4, 0.5) is 0 Å². The van der Waals surface area contributed by atoms with Crippen molar-refractivity contribution < 1.29 is 9.53 Å². The molecule has 0 amide bonds. The molecule has 0 saturated heterocycles. The highest BCUT2D eigenvalue weighted by molar-refractivity contribution is 5.97. The average Bonchev–Trinajstić information content (AvgIpc) is 2.35. The van der Waals surface area contributed by atoms with Crippen LogP contribution in [0.3, 0.4) is 0 Å². The number of rotatable bonds is 6. The molecule has 1 atom stereocenters. The second-order valence-electron chi connectivity index (χ2n) is 3.53. The van der Waals surface area contributed by atoms with Crippen LogP contribution in [0.1, 0.15) is 30.8 Å². The lowest BCUT2D eigenvalue weighted by atomic mass is 10.2. The Morgan fingerprint density at radius 3 is 2.81 bits per heavy atom. The number of carbonyl (C=O) groups excluding carboxylic acids is 1. The van der Waals surface area contributed by atoms with E-state index in [4.69, 9.17) is 4.74 Å². The summed E-state index contributed by atoms with van der Waals surface area (Å²) in [5, 5.41) is 3.11. The van der Waals surface area contributed by atoms with Gasteiger partial charge in [0.2, 0.25) is 5.88 Å². The predicted molar refractivity (Wildman–Crippen MR) is 60.7 cm³/mol. The molecule has 1 rings (SSSR count). The van der Waals surface area contributed by atoms with Crippen LogP contribution >= 0.6 is 0 Å². The van der Waals surface area contributed by atoms with Gasteiger partial charge in [0, 0.05) is 18.4 Å². The molecule has 0 spiro atoms. The minimum atomic E-state index is -0.106. The first-order valence-corrected chi connectivity index (χ1v) is 5.30. The summed E-state index contributed by atoms with van der Waals surface area (Å²) in [4.78, 5) is 19.7. The van der Waals surface area contributed by atoms with E-state index in [1.807, 2.05) is 6.92 Å². The third-order valence-electron chi connectivity index (χ3n) is 2.35. The predicted octanol–water partition coefficient (Wildman–Crippen LogP) is 1.06. The summed E-state index contributed by atoms with van der Waals surface area (Å²) in [5.74, 6) is 0.170. The van der Waals surface area contributed by atoms with Crippen LogP contribution in [0.15, 0.2) is 12.4 Å². The molecule has 0 fully saturated rings. The minimum Gasteiger partial charge on any atom is -0.479 e. The van der Waals surface area contributed by atoms with Crippen LogP contribution in [0.5, 0.6) is 5.88 Å². The highest BCUT2D eigenvalue weighted by Gasteiger charge is 2.14. The summed E-state index contributed by atoms with van der Waals surface area (Å²) < 4.78 is 4.98. The Morgan fingerprint density at radius 2 is 2.19 bits per heavy atom. The summed E-state index contributed by atoms with van der Waals surface area (Å²) in [6, 6.07) is 0.312. The zero-order valence-electron chi connectivity index (χ0n) is 9.86. The number of aromatic nitrogens is 2. The van der Waals surface area contributed by atoms with E-state index in [9.17, 15) is 4.79 Å². The lowest BCUT2D eigenvalue weighted by Gasteiger charge is -2.10. The number of nitrogens with zero attached hydrogens (tertiary/aromatic N) is 2. The fourth-order valence-electron chi connectivity index (χ4n) is 1.16. The van der Waals surface area contributed by atoms with E-state index in [1.165, 1.54) is 19.5 Å². The first-order chi connectivity index (χ1) is 7.69. The lowest BCUT2D eigenvalue weighted by molar-refractivity contribution is 0.0978. The molecule has 5 nitrogen and oxygen atoms in total. The van der Waals surface area contributed by atoms with Crippen molar-refractivity contribution in [3.05, 3.63) is 18.1 Å². The molecular formula is C11H17N3O2. The molecule has 5 heteroatoms. The fraction of sp³-hybridized carbons (Fsp3) is 0.545. The van der Waals surface area contributed by atoms with Crippen molar-refractivity contribution in [3.8, 4) is 5.88 Å². The van der Waals surface area contributed by atoms with Gasteiger partial charge in [-0.05, 0) is 13.3 Å². The number of Topliss-reactive ketones (excluding diaryl/α,β-unsaturated/α-hetero) is 1. The Kier molecular flexibility index (Phi) is 4.85. The molecule has 0 aromatic carbocycles. The van der Waals surface area contributed by atoms with Gasteiger partial charge in [-0.1, -0.05) is 6.92 Å². The molecular weight excluding hydrogens is 206 g/mol. The van der Waals surface area contributed by atoms with E-state index in [-0.39, 0.29) is 23.9 Å². The largest absolute Gasteiger partial charge is 0.479 e. The van der Waals surface area contributed by atoms with Crippen molar-refractivity contribution in [1.29, 1.82) is 0 Å². The second kappa shape index (κ2) is 6.17. The van der Waals surface area contributed by atoms with Crippen LogP contribution in [0.2, 0.25) is 0 Å². The van der Waals surface area contributed by atoms with Crippen molar-refractivity contribution in [3.63, 3.8) is 0 Å². The summed E-state index contributed by atoms with van der Waals surface area (Å²) in [5.41, 5.74) is 0.279. The zero-order valence-corrected chi connectivity index (χ0v) is 9.86. The quantitative estimate of drug-likeness (QED) is 0.730. The summed E-state index contributed by atoms with van der Waals surface area (Å²) in [7, 11) is 1.48. The Hall–Kier alpha value is -1.49. The number of hydrogen-bond acceptors (Lipinski definition) is 5. The Labute approximate surface area is 95.3 Å². The molecule has 0 bridgehead atoms. The van der Waals surface area contributed by atoms with Gasteiger partial charge in [0.15, 0.2) is 11.5 Å². The molecule has 1 heterocycles. The fourth-order valence-corrected chi connectivity index (χ4v) is 1.16. The molecule has 0 aliphatic carbocycles. The maximum absolute atomic E-state index is 11.8. The van der Waals surface area contributed by atoms with Crippen LogP contribution in [0.25, 0.3) is 0 Å². The number of carbonyl (C=O) groups is 1. The second-order valence-corrected chi connectivity index (χ2v) is 3.53. The molecule has 1 N–H and O–H groups in total. The summed E-state index contributed by atoms with van der Waals surface area (Å²) in [6.07, 6.45) is 3.96. The average molecular weight is 223 g/mol. The van der Waals surface area contributed by atoms with Gasteiger partial charge in [0.1, 0.15) is 0 Å². The Balaban J connectivity index is 2.65. The number of methoxy groups -OCH3 is 1. The first kappa shape index (κ1) is 12.6. The van der Waals surface area contributed by atoms with Gasteiger partial charge in [-0.3, -0.25) is 4.79 Å². The molecule has 1 unspecified atom stereocenters. The topological polar surface area (TPSA) is 64.1 Å². The number of ether oxygens (including phenoxy) is 1. The smallest absolute Gasteiger partial charge is 0.243 e. The molecule has 0 radical (unpaired) electrons. The van der Waals surface area contributed by atoms with Crippen LogP contribution in [-0.4, -0.2) is 35.4 Å². The van der Waals surface area contributed by atoms with E-state index in [0.717, 1.165) is 6.42 Å². The molecule has 1 aromatic rings. The van der Waals surface area contributed by atoms with Crippen LogP contribution in [0, 0.1) is 0 Å². The Morgan fingerprint density at radius 1 is 1.50 bits per heavy atom. The van der Waals surface area contributed by atoms with Gasteiger partial charge in [-0.2, -0.15) is 0 Å². The van der Waals surface area contributed by atoms with E-state index in [0.29, 0.717) is 6.04 Å². The maximum atomic E-state index is 11.8. The first-order valence-electron chi connectivity index (χ1n) is 5.30. The summed E-state index contributed by atoms with van der Waals surface area (Å²) >= 11 is 0. The number of ketones is 1. The Bertz CT molecular complexity index is 355. The van der Waals surface area contributed by atoms with Crippen molar-refractivity contribution in [2.24, 2.45) is 0 Å². The van der Waals surface area contributed by atoms with Crippen LogP contribution in [-0.2, 0) is 0 Å². The molecule has 16 heavy (non-hydrogen) atoms. The lowest BCUT2D eigenvalue weighted by Crippen LogP contribution is -2.31. The van der Waals surface area contributed by atoms with Gasteiger partial charge in [0.05, 0.1) is 13.7 Å². The van der Waals surface area contributed by atoms with Gasteiger partial charge in [-0.15, -0.1) is 0 Å². The molecule has 0 aliphatic heterocycles. The van der Waals surface area contributed by atoms with E-state index in [2.05, 4.69) is 22.2 Å². The van der Waals surface area contributed by atoms with Crippen molar-refractivity contribution in [2.75, 3.05) is 13.7 Å². The number of nitrogens with one attached hydrogen (secondary N) is 1. The molecule has 88 valence electrons. The normalized spacial score (nSPS) is 12.2. The van der Waals surface area contributed by atoms with E-state index in [1.54, 1.807) is 0 Å². The maximum Gasteiger partial charge on any atom is 0.243 e. The molecule has 0 saturated carbocycles. The summed E-state index contributed by atoms with van der Waals surface area (Å²) in [6.45, 7) is 4.34. The van der Waals surface area contributed by atoms with Crippen molar-refractivity contribution in [2.45, 2.75) is 26.3 Å². The van der Waals surface area contributed by atoms with Crippen molar-refractivity contribution >= 4 is 5.78 Å². The van der Waals surface area contributed by atoms with Gasteiger partial charge >= 0.3 is 0 Å².